The average molecular weight is 389 g/mol. The van der Waals surface area contributed by atoms with E-state index in [0.29, 0.717) is 11.5 Å². The minimum absolute atomic E-state index is 0.113. The predicted octanol–water partition coefficient (Wildman–Crippen LogP) is 3.13. The van der Waals surface area contributed by atoms with E-state index in [9.17, 15) is 4.79 Å². The van der Waals surface area contributed by atoms with E-state index in [4.69, 9.17) is 0 Å². The van der Waals surface area contributed by atoms with Crippen molar-refractivity contribution in [3.05, 3.63) is 23.7 Å². The SMILES string of the molecule is CCC(Sc1ccc2nnc(-c3nccs3)n2n1)C(=O)N1CCCCC1. The molecule has 3 aromatic heterocycles. The Labute approximate surface area is 159 Å². The van der Waals surface area contributed by atoms with Crippen molar-refractivity contribution in [2.75, 3.05) is 13.1 Å². The van der Waals surface area contributed by atoms with Crippen molar-refractivity contribution in [3.63, 3.8) is 0 Å². The molecule has 0 N–H and O–H groups in total. The van der Waals surface area contributed by atoms with E-state index in [2.05, 4.69) is 27.2 Å². The summed E-state index contributed by atoms with van der Waals surface area (Å²) < 4.78 is 1.71. The van der Waals surface area contributed by atoms with Crippen LogP contribution in [0.3, 0.4) is 0 Å². The number of piperidine rings is 1. The smallest absolute Gasteiger partial charge is 0.236 e. The highest BCUT2D eigenvalue weighted by Crippen LogP contribution is 2.27. The summed E-state index contributed by atoms with van der Waals surface area (Å²) in [5, 5.41) is 16.4. The lowest BCUT2D eigenvalue weighted by molar-refractivity contribution is -0.131. The monoisotopic (exact) mass is 388 g/mol. The van der Waals surface area contributed by atoms with Crippen LogP contribution >= 0.6 is 23.1 Å². The summed E-state index contributed by atoms with van der Waals surface area (Å²) in [5.74, 6) is 0.857. The molecule has 1 amide bonds. The first-order chi connectivity index (χ1) is 12.8. The van der Waals surface area contributed by atoms with Crippen molar-refractivity contribution >= 4 is 34.7 Å². The van der Waals surface area contributed by atoms with Gasteiger partial charge in [0.2, 0.25) is 11.7 Å². The van der Waals surface area contributed by atoms with Crippen molar-refractivity contribution in [1.29, 1.82) is 0 Å². The molecule has 0 aliphatic carbocycles. The van der Waals surface area contributed by atoms with Gasteiger partial charge >= 0.3 is 0 Å². The van der Waals surface area contributed by atoms with Gasteiger partial charge in [-0.05, 0) is 37.8 Å². The van der Waals surface area contributed by atoms with Gasteiger partial charge in [0.05, 0.1) is 5.25 Å². The Balaban J connectivity index is 1.57. The van der Waals surface area contributed by atoms with E-state index >= 15 is 0 Å². The number of nitrogens with zero attached hydrogens (tertiary/aromatic N) is 6. The Morgan fingerprint density at radius 3 is 2.85 bits per heavy atom. The topological polar surface area (TPSA) is 76.3 Å². The summed E-state index contributed by atoms with van der Waals surface area (Å²) in [7, 11) is 0. The van der Waals surface area contributed by atoms with Gasteiger partial charge in [-0.2, -0.15) is 9.61 Å². The van der Waals surface area contributed by atoms with Crippen LogP contribution < -0.4 is 0 Å². The van der Waals surface area contributed by atoms with E-state index in [1.807, 2.05) is 22.4 Å². The van der Waals surface area contributed by atoms with Crippen LogP contribution in [0.5, 0.6) is 0 Å². The second kappa shape index (κ2) is 7.71. The molecule has 0 spiro atoms. The summed E-state index contributed by atoms with van der Waals surface area (Å²) in [6, 6.07) is 3.80. The van der Waals surface area contributed by atoms with Crippen molar-refractivity contribution in [2.45, 2.75) is 42.9 Å². The number of rotatable bonds is 5. The molecule has 4 rings (SSSR count). The first kappa shape index (κ1) is 17.4. The second-order valence-electron chi connectivity index (χ2n) is 6.20. The van der Waals surface area contributed by atoms with Gasteiger partial charge in [0.25, 0.3) is 0 Å². The maximum atomic E-state index is 12.8. The molecule has 0 bridgehead atoms. The fraction of sp³-hybridized carbons (Fsp3) is 0.471. The zero-order valence-corrected chi connectivity index (χ0v) is 16.2. The molecule has 7 nitrogen and oxygen atoms in total. The highest BCUT2D eigenvalue weighted by atomic mass is 32.2. The van der Waals surface area contributed by atoms with Gasteiger partial charge in [-0.1, -0.05) is 18.7 Å². The molecule has 136 valence electrons. The van der Waals surface area contributed by atoms with Crippen LogP contribution in [0.2, 0.25) is 0 Å². The molecule has 1 saturated heterocycles. The molecule has 1 unspecified atom stereocenters. The number of thiazole rings is 1. The lowest BCUT2D eigenvalue weighted by Crippen LogP contribution is -2.40. The standard InChI is InChI=1S/C17H20N6OS2/c1-2-12(17(24)22-9-4-3-5-10-22)26-14-7-6-13-19-20-15(23(13)21-14)16-18-8-11-25-16/h6-8,11-12H,2-5,9-10H2,1H3. The van der Waals surface area contributed by atoms with Crippen LogP contribution in [0.4, 0.5) is 0 Å². The first-order valence-corrected chi connectivity index (χ1v) is 10.6. The Bertz CT molecular complexity index is 888. The first-order valence-electron chi connectivity index (χ1n) is 8.84. The fourth-order valence-electron chi connectivity index (χ4n) is 3.07. The van der Waals surface area contributed by atoms with E-state index in [1.54, 1.807) is 10.7 Å². The predicted molar refractivity (Wildman–Crippen MR) is 102 cm³/mol. The van der Waals surface area contributed by atoms with Gasteiger partial charge in [-0.15, -0.1) is 21.5 Å². The molecule has 4 heterocycles. The van der Waals surface area contributed by atoms with E-state index in [0.717, 1.165) is 42.4 Å². The molecule has 0 saturated carbocycles. The molecule has 0 aromatic carbocycles. The number of fused-ring (bicyclic) bond motifs is 1. The third-order valence-corrected chi connectivity index (χ3v) is 6.49. The van der Waals surface area contributed by atoms with Crippen LogP contribution in [-0.2, 0) is 4.79 Å². The Morgan fingerprint density at radius 1 is 1.27 bits per heavy atom. The van der Waals surface area contributed by atoms with Crippen LogP contribution in [-0.4, -0.2) is 53.9 Å². The fourth-order valence-corrected chi connectivity index (χ4v) is 4.66. The van der Waals surface area contributed by atoms with Crippen LogP contribution in [0.25, 0.3) is 16.5 Å². The Hall–Kier alpha value is -2.00. The lowest BCUT2D eigenvalue weighted by Gasteiger charge is -2.29. The van der Waals surface area contributed by atoms with Gasteiger partial charge in [0.1, 0.15) is 5.03 Å². The average Bonchev–Trinajstić information content (AvgIpc) is 3.35. The van der Waals surface area contributed by atoms with Crippen molar-refractivity contribution < 1.29 is 4.79 Å². The summed E-state index contributed by atoms with van der Waals surface area (Å²) in [6.07, 6.45) is 5.95. The molecule has 3 aromatic rings. The van der Waals surface area contributed by atoms with Gasteiger partial charge in [-0.25, -0.2) is 4.98 Å². The number of aromatic nitrogens is 5. The largest absolute Gasteiger partial charge is 0.342 e. The molecule has 1 aliphatic heterocycles. The maximum absolute atomic E-state index is 12.8. The summed E-state index contributed by atoms with van der Waals surface area (Å²) in [6.45, 7) is 3.81. The minimum atomic E-state index is -0.113. The third kappa shape index (κ3) is 3.45. The number of likely N-dealkylation sites (tertiary alicyclic amines) is 1. The van der Waals surface area contributed by atoms with Gasteiger partial charge in [0, 0.05) is 24.7 Å². The third-order valence-electron chi connectivity index (χ3n) is 4.44. The zero-order valence-electron chi connectivity index (χ0n) is 14.5. The highest BCUT2D eigenvalue weighted by molar-refractivity contribution is 8.00. The van der Waals surface area contributed by atoms with Crippen LogP contribution in [0.15, 0.2) is 28.7 Å². The van der Waals surface area contributed by atoms with Crippen molar-refractivity contribution in [2.24, 2.45) is 0 Å². The Kier molecular flexibility index (Phi) is 5.16. The van der Waals surface area contributed by atoms with E-state index < -0.39 is 0 Å². The number of carbonyl (C=O) groups excluding carboxylic acids is 1. The van der Waals surface area contributed by atoms with Gasteiger partial charge in [0.15, 0.2) is 10.7 Å². The maximum Gasteiger partial charge on any atom is 0.236 e. The van der Waals surface area contributed by atoms with Gasteiger partial charge < -0.3 is 4.90 Å². The van der Waals surface area contributed by atoms with E-state index in [1.165, 1.54) is 29.5 Å². The van der Waals surface area contributed by atoms with Crippen LogP contribution in [0.1, 0.15) is 32.6 Å². The molecule has 26 heavy (non-hydrogen) atoms. The highest BCUT2D eigenvalue weighted by Gasteiger charge is 2.26. The molecule has 9 heteroatoms. The number of hydrogen-bond acceptors (Lipinski definition) is 7. The molecule has 0 radical (unpaired) electrons. The summed E-state index contributed by atoms with van der Waals surface area (Å²) >= 11 is 3.02. The quantitative estimate of drug-likeness (QED) is 0.625. The molecular formula is C17H20N6OS2. The molecule has 1 aliphatic rings. The number of hydrogen-bond donors (Lipinski definition) is 0. The summed E-state index contributed by atoms with van der Waals surface area (Å²) in [4.78, 5) is 19.1. The molecule has 1 atom stereocenters. The normalized spacial score (nSPS) is 16.1. The van der Waals surface area contributed by atoms with Crippen LogP contribution in [0, 0.1) is 0 Å². The second-order valence-corrected chi connectivity index (χ2v) is 8.32. The Morgan fingerprint density at radius 2 is 2.12 bits per heavy atom. The van der Waals surface area contributed by atoms with Crippen molar-refractivity contribution in [3.8, 4) is 10.8 Å². The molecular weight excluding hydrogens is 368 g/mol. The number of carbonyl (C=O) groups is 1. The number of amides is 1. The minimum Gasteiger partial charge on any atom is -0.342 e. The zero-order chi connectivity index (χ0) is 17.9. The van der Waals surface area contributed by atoms with E-state index in [-0.39, 0.29) is 11.2 Å². The van der Waals surface area contributed by atoms with Gasteiger partial charge in [-0.3, -0.25) is 4.79 Å². The summed E-state index contributed by atoms with van der Waals surface area (Å²) in [5.41, 5.74) is 0.676. The van der Waals surface area contributed by atoms with Crippen molar-refractivity contribution in [1.82, 2.24) is 29.7 Å². The molecule has 1 fully saturated rings. The lowest BCUT2D eigenvalue weighted by atomic mass is 10.1. The number of thioether (sulfide) groups is 1.